The van der Waals surface area contributed by atoms with Gasteiger partial charge in [-0.15, -0.1) is 11.8 Å². The van der Waals surface area contributed by atoms with Crippen LogP contribution in [0.3, 0.4) is 0 Å². The summed E-state index contributed by atoms with van der Waals surface area (Å²) in [6, 6.07) is 16.4. The SMILES string of the molecule is CN(CCSc1ccc(F)cc1)Cc1cccc(C#N)c1. The zero-order chi connectivity index (χ0) is 15.1. The molecule has 2 aromatic carbocycles. The Balaban J connectivity index is 1.78. The van der Waals surface area contributed by atoms with Gasteiger partial charge in [0, 0.05) is 23.7 Å². The first kappa shape index (κ1) is 15.6. The Morgan fingerprint density at radius 1 is 1.19 bits per heavy atom. The van der Waals surface area contributed by atoms with Crippen LogP contribution in [0.25, 0.3) is 0 Å². The lowest BCUT2D eigenvalue weighted by Gasteiger charge is -2.16. The molecule has 2 nitrogen and oxygen atoms in total. The fourth-order valence-electron chi connectivity index (χ4n) is 1.98. The number of halogens is 1. The van der Waals surface area contributed by atoms with Crippen LogP contribution in [0.1, 0.15) is 11.1 Å². The van der Waals surface area contributed by atoms with Gasteiger partial charge in [-0.2, -0.15) is 5.26 Å². The summed E-state index contributed by atoms with van der Waals surface area (Å²) < 4.78 is 12.8. The highest BCUT2D eigenvalue weighted by molar-refractivity contribution is 7.99. The zero-order valence-electron chi connectivity index (χ0n) is 11.9. The van der Waals surface area contributed by atoms with Crippen molar-refractivity contribution in [3.8, 4) is 6.07 Å². The third-order valence-electron chi connectivity index (χ3n) is 3.06. The van der Waals surface area contributed by atoms with E-state index in [2.05, 4.69) is 18.0 Å². The first-order valence-corrected chi connectivity index (χ1v) is 7.72. The van der Waals surface area contributed by atoms with Gasteiger partial charge in [-0.25, -0.2) is 4.39 Å². The molecule has 2 aromatic rings. The molecule has 0 unspecified atom stereocenters. The predicted molar refractivity (Wildman–Crippen MR) is 84.6 cm³/mol. The standard InChI is InChI=1S/C17H17FN2S/c1-20(13-15-4-2-3-14(11-15)12-19)9-10-21-17-7-5-16(18)6-8-17/h2-8,11H,9-10,13H2,1H3. The lowest BCUT2D eigenvalue weighted by Crippen LogP contribution is -2.20. The van der Waals surface area contributed by atoms with Crippen LogP contribution in [0.2, 0.25) is 0 Å². The third-order valence-corrected chi connectivity index (χ3v) is 4.06. The van der Waals surface area contributed by atoms with Gasteiger partial charge in [-0.3, -0.25) is 0 Å². The number of hydrogen-bond acceptors (Lipinski definition) is 3. The summed E-state index contributed by atoms with van der Waals surface area (Å²) >= 11 is 1.71. The fraction of sp³-hybridized carbons (Fsp3) is 0.235. The van der Waals surface area contributed by atoms with Gasteiger partial charge in [0.2, 0.25) is 0 Å². The van der Waals surface area contributed by atoms with Crippen molar-refractivity contribution < 1.29 is 4.39 Å². The largest absolute Gasteiger partial charge is 0.301 e. The molecule has 0 fully saturated rings. The lowest BCUT2D eigenvalue weighted by molar-refractivity contribution is 0.348. The van der Waals surface area contributed by atoms with Crippen LogP contribution >= 0.6 is 11.8 Å². The van der Waals surface area contributed by atoms with Crippen LogP contribution in [0.5, 0.6) is 0 Å². The van der Waals surface area contributed by atoms with Gasteiger partial charge in [-0.1, -0.05) is 12.1 Å². The molecule has 0 aliphatic rings. The van der Waals surface area contributed by atoms with Gasteiger partial charge >= 0.3 is 0 Å². The van der Waals surface area contributed by atoms with Crippen molar-refractivity contribution in [2.45, 2.75) is 11.4 Å². The second kappa shape index (κ2) is 7.82. The summed E-state index contributed by atoms with van der Waals surface area (Å²) in [5.41, 5.74) is 1.84. The van der Waals surface area contributed by atoms with E-state index in [1.165, 1.54) is 12.1 Å². The van der Waals surface area contributed by atoms with Crippen molar-refractivity contribution in [1.82, 2.24) is 4.90 Å². The summed E-state index contributed by atoms with van der Waals surface area (Å²) in [5, 5.41) is 8.89. The topological polar surface area (TPSA) is 27.0 Å². The Labute approximate surface area is 129 Å². The molecule has 0 N–H and O–H groups in total. The molecular formula is C17H17FN2S. The molecule has 0 aromatic heterocycles. The van der Waals surface area contributed by atoms with E-state index in [4.69, 9.17) is 5.26 Å². The monoisotopic (exact) mass is 300 g/mol. The fourth-order valence-corrected chi connectivity index (χ4v) is 2.95. The van der Waals surface area contributed by atoms with Crippen molar-refractivity contribution in [3.05, 3.63) is 65.5 Å². The molecule has 21 heavy (non-hydrogen) atoms. The zero-order valence-corrected chi connectivity index (χ0v) is 12.7. The molecule has 108 valence electrons. The van der Waals surface area contributed by atoms with Gasteiger partial charge in [0.25, 0.3) is 0 Å². The minimum Gasteiger partial charge on any atom is -0.301 e. The molecule has 0 saturated carbocycles. The Morgan fingerprint density at radius 3 is 2.67 bits per heavy atom. The molecule has 0 atom stereocenters. The average molecular weight is 300 g/mol. The van der Waals surface area contributed by atoms with E-state index >= 15 is 0 Å². The van der Waals surface area contributed by atoms with E-state index in [9.17, 15) is 4.39 Å². The highest BCUT2D eigenvalue weighted by atomic mass is 32.2. The van der Waals surface area contributed by atoms with E-state index in [-0.39, 0.29) is 5.82 Å². The number of rotatable bonds is 6. The third kappa shape index (κ3) is 5.22. The molecule has 4 heteroatoms. The Hall–Kier alpha value is -1.83. The molecule has 0 spiro atoms. The van der Waals surface area contributed by atoms with Crippen molar-refractivity contribution >= 4 is 11.8 Å². The normalized spacial score (nSPS) is 10.6. The van der Waals surface area contributed by atoms with Gasteiger partial charge < -0.3 is 4.90 Å². The lowest BCUT2D eigenvalue weighted by atomic mass is 10.1. The van der Waals surface area contributed by atoms with Crippen molar-refractivity contribution in [1.29, 1.82) is 5.26 Å². The highest BCUT2D eigenvalue weighted by Gasteiger charge is 2.02. The number of thioether (sulfide) groups is 1. The van der Waals surface area contributed by atoms with Gasteiger partial charge in [0.05, 0.1) is 11.6 Å². The molecule has 0 aliphatic heterocycles. The first-order chi connectivity index (χ1) is 10.2. The highest BCUT2D eigenvalue weighted by Crippen LogP contribution is 2.18. The maximum Gasteiger partial charge on any atom is 0.123 e. The molecule has 0 aliphatic carbocycles. The number of nitrogens with zero attached hydrogens (tertiary/aromatic N) is 2. The van der Waals surface area contributed by atoms with Crippen molar-refractivity contribution in [2.75, 3.05) is 19.3 Å². The first-order valence-electron chi connectivity index (χ1n) is 6.73. The maximum absolute atomic E-state index is 12.8. The average Bonchev–Trinajstić information content (AvgIpc) is 2.49. The summed E-state index contributed by atoms with van der Waals surface area (Å²) in [6.07, 6.45) is 0. The molecule has 0 saturated heterocycles. The summed E-state index contributed by atoms with van der Waals surface area (Å²) in [7, 11) is 2.06. The second-order valence-electron chi connectivity index (χ2n) is 4.85. The minimum atomic E-state index is -0.200. The molecule has 0 bridgehead atoms. The molecular weight excluding hydrogens is 283 g/mol. The maximum atomic E-state index is 12.8. The molecule has 0 heterocycles. The van der Waals surface area contributed by atoms with E-state index in [0.29, 0.717) is 5.56 Å². The van der Waals surface area contributed by atoms with Crippen LogP contribution in [0.4, 0.5) is 4.39 Å². The summed E-state index contributed by atoms with van der Waals surface area (Å²) in [5.74, 6) is 0.744. The number of nitriles is 1. The van der Waals surface area contributed by atoms with E-state index in [1.807, 2.05) is 24.3 Å². The van der Waals surface area contributed by atoms with Crippen LogP contribution in [-0.2, 0) is 6.54 Å². The Bertz CT molecular complexity index is 619. The molecule has 2 rings (SSSR count). The summed E-state index contributed by atoms with van der Waals surface area (Å²) in [6.45, 7) is 1.75. The summed E-state index contributed by atoms with van der Waals surface area (Å²) in [4.78, 5) is 3.30. The van der Waals surface area contributed by atoms with Crippen LogP contribution in [0.15, 0.2) is 53.4 Å². The van der Waals surface area contributed by atoms with Gasteiger partial charge in [0.1, 0.15) is 5.82 Å². The Morgan fingerprint density at radius 2 is 1.95 bits per heavy atom. The quantitative estimate of drug-likeness (QED) is 0.757. The van der Waals surface area contributed by atoms with Gasteiger partial charge in [0.15, 0.2) is 0 Å². The molecule has 0 amide bonds. The van der Waals surface area contributed by atoms with E-state index in [0.717, 1.165) is 29.3 Å². The van der Waals surface area contributed by atoms with Crippen LogP contribution < -0.4 is 0 Å². The Kier molecular flexibility index (Phi) is 5.79. The van der Waals surface area contributed by atoms with Crippen molar-refractivity contribution in [2.24, 2.45) is 0 Å². The van der Waals surface area contributed by atoms with E-state index < -0.39 is 0 Å². The number of hydrogen-bond donors (Lipinski definition) is 0. The predicted octanol–water partition coefficient (Wildman–Crippen LogP) is 3.92. The van der Waals surface area contributed by atoms with E-state index in [1.54, 1.807) is 23.9 Å². The molecule has 0 radical (unpaired) electrons. The van der Waals surface area contributed by atoms with Crippen molar-refractivity contribution in [3.63, 3.8) is 0 Å². The van der Waals surface area contributed by atoms with Crippen LogP contribution in [-0.4, -0.2) is 24.2 Å². The van der Waals surface area contributed by atoms with Crippen LogP contribution in [0, 0.1) is 17.1 Å². The van der Waals surface area contributed by atoms with Gasteiger partial charge in [-0.05, 0) is 49.0 Å². The number of benzene rings is 2. The smallest absolute Gasteiger partial charge is 0.123 e. The minimum absolute atomic E-state index is 0.200. The second-order valence-corrected chi connectivity index (χ2v) is 6.02.